The molecule has 0 aliphatic carbocycles. The van der Waals surface area contributed by atoms with Crippen LogP contribution >= 0.6 is 7.82 Å². The zero-order chi connectivity index (χ0) is 45.3. The van der Waals surface area contributed by atoms with E-state index in [2.05, 4.69) is 23.7 Å². The molecule has 4 N–H and O–H groups in total. The van der Waals surface area contributed by atoms with Crippen molar-refractivity contribution in [1.82, 2.24) is 5.32 Å². The van der Waals surface area contributed by atoms with Gasteiger partial charge in [-0.15, -0.1) is 0 Å². The van der Waals surface area contributed by atoms with Gasteiger partial charge in [-0.25, -0.2) is 4.57 Å². The molecule has 0 heterocycles. The van der Waals surface area contributed by atoms with Gasteiger partial charge >= 0.3 is 7.82 Å². The average Bonchev–Trinajstić information content (AvgIpc) is 3.25. The molecule has 0 aromatic rings. The summed E-state index contributed by atoms with van der Waals surface area (Å²) >= 11 is 0. The maximum Gasteiger partial charge on any atom is 0.469 e. The van der Waals surface area contributed by atoms with Crippen molar-refractivity contribution >= 4 is 13.7 Å². The Hall–Kier alpha value is -0.720. The molecule has 0 bridgehead atoms. The molecule has 0 rings (SSSR count). The third kappa shape index (κ3) is 50.3. The number of aliphatic hydroxyl groups is 1. The number of hydrogen-bond donors (Lipinski definition) is 4. The Balaban J connectivity index is 3.63. The first-order valence-corrected chi connectivity index (χ1v) is 29.2. The molecule has 0 fully saturated rings. The predicted molar refractivity (Wildman–Crippen MR) is 269 cm³/mol. The number of amides is 1. The summed E-state index contributed by atoms with van der Waals surface area (Å²) in [7, 11) is -4.72. The number of carbonyl (C=O) groups excluding carboxylic acids is 1. The number of allylic oxidation sites excluding steroid dienone is 1. The fourth-order valence-corrected chi connectivity index (χ4v) is 9.17. The van der Waals surface area contributed by atoms with Gasteiger partial charge in [0, 0.05) is 6.42 Å². The van der Waals surface area contributed by atoms with Crippen LogP contribution in [0.3, 0.4) is 0 Å². The quantitative estimate of drug-likeness (QED) is 0.0275. The van der Waals surface area contributed by atoms with Crippen LogP contribution < -0.4 is 5.32 Å². The Morgan fingerprint density at radius 2 is 0.710 bits per heavy atom. The summed E-state index contributed by atoms with van der Waals surface area (Å²) in [5, 5.41) is 13.4. The summed E-state index contributed by atoms with van der Waals surface area (Å²) < 4.78 is 16.0. The summed E-state index contributed by atoms with van der Waals surface area (Å²) in [6.07, 6.45) is 62.9. The van der Waals surface area contributed by atoms with Crippen molar-refractivity contribution in [2.75, 3.05) is 6.61 Å². The molecule has 370 valence electrons. The number of aliphatic hydroxyl groups excluding tert-OH is 1. The number of hydrogen-bond acceptors (Lipinski definition) is 4. The van der Waals surface area contributed by atoms with Crippen LogP contribution in [0.15, 0.2) is 12.2 Å². The normalized spacial score (nSPS) is 13.0. The van der Waals surface area contributed by atoms with Crippen LogP contribution in [0.2, 0.25) is 0 Å². The Kier molecular flexibility index (Phi) is 49.1. The van der Waals surface area contributed by atoms with Crippen LogP contribution in [0, 0.1) is 0 Å². The molecule has 0 saturated heterocycles. The second kappa shape index (κ2) is 49.7. The zero-order valence-corrected chi connectivity index (χ0v) is 42.5. The van der Waals surface area contributed by atoms with Gasteiger partial charge in [0.25, 0.3) is 0 Å². The van der Waals surface area contributed by atoms with Gasteiger partial charge in [-0.2, -0.15) is 0 Å². The van der Waals surface area contributed by atoms with E-state index in [1.54, 1.807) is 6.08 Å². The highest BCUT2D eigenvalue weighted by Gasteiger charge is 2.24. The topological polar surface area (TPSA) is 116 Å². The van der Waals surface area contributed by atoms with Crippen LogP contribution in [0.4, 0.5) is 0 Å². The molecule has 8 heteroatoms. The lowest BCUT2D eigenvalue weighted by atomic mass is 10.0. The SMILES string of the molecule is CCCCCCCCCCCCC/C=C/[C@@H](O)[C@H](COP(=O)(O)O)NC(=O)CCCCCCCCCCCCCCCCCCCCCCCCCCCCCCCCCCC. The number of nitrogens with one attached hydrogen (secondary N) is 1. The number of rotatable bonds is 52. The molecule has 0 saturated carbocycles. The average molecular weight is 898 g/mol. The van der Waals surface area contributed by atoms with Gasteiger partial charge in [0.05, 0.1) is 18.8 Å². The highest BCUT2D eigenvalue weighted by molar-refractivity contribution is 7.46. The molecule has 0 spiro atoms. The Labute approximate surface area is 386 Å². The first kappa shape index (κ1) is 61.3. The van der Waals surface area contributed by atoms with Gasteiger partial charge in [0.2, 0.25) is 5.91 Å². The van der Waals surface area contributed by atoms with Crippen LogP contribution in [-0.2, 0) is 13.9 Å². The minimum Gasteiger partial charge on any atom is -0.387 e. The smallest absolute Gasteiger partial charge is 0.387 e. The lowest BCUT2D eigenvalue weighted by molar-refractivity contribution is -0.123. The van der Waals surface area contributed by atoms with E-state index < -0.39 is 26.6 Å². The summed E-state index contributed by atoms with van der Waals surface area (Å²) in [6, 6.07) is -0.906. The van der Waals surface area contributed by atoms with Gasteiger partial charge in [-0.05, 0) is 19.3 Å². The van der Waals surface area contributed by atoms with E-state index in [1.807, 2.05) is 6.08 Å². The molecular formula is C54H108NO6P. The molecule has 0 aromatic heterocycles. The highest BCUT2D eigenvalue weighted by Crippen LogP contribution is 2.36. The minimum atomic E-state index is -4.72. The molecule has 0 unspecified atom stereocenters. The first-order chi connectivity index (χ1) is 30.3. The summed E-state index contributed by atoms with van der Waals surface area (Å²) in [5.41, 5.74) is 0. The standard InChI is InChI=1S/C54H108NO6P/c1-3-5-7-9-11-13-15-17-18-19-20-21-22-23-24-25-26-27-28-29-30-31-32-33-34-35-36-38-40-42-44-46-48-50-54(57)55-52(51-61-62(58,59)60)53(56)49-47-45-43-41-39-37-16-14-12-10-8-6-4-2/h47,49,52-53,56H,3-46,48,50-51H2,1-2H3,(H,55,57)(H2,58,59,60)/b49-47+/t52-,53+/m0/s1. The Morgan fingerprint density at radius 1 is 0.452 bits per heavy atom. The van der Waals surface area contributed by atoms with E-state index >= 15 is 0 Å². The lowest BCUT2D eigenvalue weighted by Gasteiger charge is -2.22. The zero-order valence-electron chi connectivity index (χ0n) is 41.6. The van der Waals surface area contributed by atoms with E-state index in [4.69, 9.17) is 0 Å². The molecule has 0 radical (unpaired) electrons. The fourth-order valence-electron chi connectivity index (χ4n) is 8.82. The van der Waals surface area contributed by atoms with Crippen molar-refractivity contribution in [3.63, 3.8) is 0 Å². The molecule has 1 amide bonds. The third-order valence-electron chi connectivity index (χ3n) is 13.0. The molecule has 0 aliphatic heterocycles. The molecule has 7 nitrogen and oxygen atoms in total. The first-order valence-electron chi connectivity index (χ1n) is 27.6. The highest BCUT2D eigenvalue weighted by atomic mass is 31.2. The van der Waals surface area contributed by atoms with Crippen LogP contribution in [-0.4, -0.2) is 39.6 Å². The summed E-state index contributed by atoms with van der Waals surface area (Å²) in [4.78, 5) is 31.0. The van der Waals surface area contributed by atoms with Gasteiger partial charge in [0.1, 0.15) is 0 Å². The second-order valence-corrected chi connectivity index (χ2v) is 20.5. The van der Waals surface area contributed by atoms with E-state index in [-0.39, 0.29) is 5.91 Å². The van der Waals surface area contributed by atoms with E-state index in [0.717, 1.165) is 38.5 Å². The molecule has 0 aromatic carbocycles. The summed E-state index contributed by atoms with van der Waals surface area (Å²) in [6.45, 7) is 4.10. The van der Waals surface area contributed by atoms with Crippen molar-refractivity contribution in [3.8, 4) is 0 Å². The van der Waals surface area contributed by atoms with E-state index in [0.29, 0.717) is 6.42 Å². The number of carbonyl (C=O) groups is 1. The van der Waals surface area contributed by atoms with Crippen molar-refractivity contribution in [2.45, 2.75) is 321 Å². The van der Waals surface area contributed by atoms with Crippen molar-refractivity contribution in [3.05, 3.63) is 12.2 Å². The van der Waals surface area contributed by atoms with Crippen LogP contribution in [0.1, 0.15) is 309 Å². The monoisotopic (exact) mass is 898 g/mol. The maximum absolute atomic E-state index is 12.6. The number of unbranched alkanes of at least 4 members (excludes halogenated alkanes) is 43. The minimum absolute atomic E-state index is 0.220. The lowest BCUT2D eigenvalue weighted by Crippen LogP contribution is -2.45. The van der Waals surface area contributed by atoms with Crippen molar-refractivity contribution < 1.29 is 28.8 Å². The van der Waals surface area contributed by atoms with Crippen molar-refractivity contribution in [2.24, 2.45) is 0 Å². The van der Waals surface area contributed by atoms with Gasteiger partial charge in [-0.1, -0.05) is 296 Å². The fraction of sp³-hybridized carbons (Fsp3) is 0.944. The van der Waals surface area contributed by atoms with E-state index in [9.17, 15) is 24.3 Å². The predicted octanol–water partition coefficient (Wildman–Crippen LogP) is 17.5. The van der Waals surface area contributed by atoms with Crippen molar-refractivity contribution in [1.29, 1.82) is 0 Å². The third-order valence-corrected chi connectivity index (χ3v) is 13.5. The van der Waals surface area contributed by atoms with Crippen LogP contribution in [0.5, 0.6) is 0 Å². The maximum atomic E-state index is 12.6. The largest absolute Gasteiger partial charge is 0.469 e. The molecule has 0 aliphatic rings. The molecular weight excluding hydrogens is 790 g/mol. The molecule has 62 heavy (non-hydrogen) atoms. The van der Waals surface area contributed by atoms with E-state index in [1.165, 1.54) is 250 Å². The van der Waals surface area contributed by atoms with Crippen LogP contribution in [0.25, 0.3) is 0 Å². The number of phosphoric acid groups is 1. The van der Waals surface area contributed by atoms with Gasteiger partial charge < -0.3 is 20.2 Å². The molecule has 2 atom stereocenters. The van der Waals surface area contributed by atoms with Gasteiger partial charge in [-0.3, -0.25) is 9.32 Å². The second-order valence-electron chi connectivity index (χ2n) is 19.3. The summed E-state index contributed by atoms with van der Waals surface area (Å²) in [5.74, 6) is -0.220. The van der Waals surface area contributed by atoms with Gasteiger partial charge in [0.15, 0.2) is 0 Å². The number of phosphoric ester groups is 1. The Morgan fingerprint density at radius 3 is 0.984 bits per heavy atom. The Bertz CT molecular complexity index is 973.